The van der Waals surface area contributed by atoms with E-state index >= 15 is 0 Å². The Morgan fingerprint density at radius 2 is 1.19 bits per heavy atom. The monoisotopic (exact) mass is 292 g/mol. The summed E-state index contributed by atoms with van der Waals surface area (Å²) >= 11 is -5.99. The Kier molecular flexibility index (Phi) is 17.6. The van der Waals surface area contributed by atoms with E-state index in [-0.39, 0.29) is 62.0 Å². The van der Waals surface area contributed by atoms with Crippen LogP contribution in [0.5, 0.6) is 0 Å². The van der Waals surface area contributed by atoms with E-state index in [2.05, 4.69) is 8.37 Å². The van der Waals surface area contributed by atoms with Crippen LogP contribution in [-0.2, 0) is 40.7 Å². The molecule has 0 saturated carbocycles. The van der Waals surface area contributed by atoms with Gasteiger partial charge in [0.1, 0.15) is 22.7 Å². The second kappa shape index (κ2) is 12.6. The van der Waals surface area contributed by atoms with Crippen molar-refractivity contribution < 1.29 is 97.4 Å². The van der Waals surface area contributed by atoms with Crippen LogP contribution < -0.4 is 59.1 Å². The Bertz CT molecular complexity index is 262. The summed E-state index contributed by atoms with van der Waals surface area (Å²) in [6, 6.07) is 0. The molecular weight excluding hydrogens is 286 g/mol. The average molecular weight is 292 g/mol. The summed E-state index contributed by atoms with van der Waals surface area (Å²) < 4.78 is 46.3. The molecule has 0 N–H and O–H groups in total. The Hall–Kier alpha value is 1.16. The third-order valence-corrected chi connectivity index (χ3v) is 1.50. The SMILES string of the molecule is O=C(CCC(=O)OS(=O)[O-])OS(=O)[O-].[H-].[H-].[Na+].[Na+]. The Morgan fingerprint density at radius 1 is 0.938 bits per heavy atom. The summed E-state index contributed by atoms with van der Waals surface area (Å²) in [6.07, 6.45) is -1.16. The topological polar surface area (TPSA) is 133 Å². The molecule has 2 unspecified atom stereocenters. The summed E-state index contributed by atoms with van der Waals surface area (Å²) in [5.41, 5.74) is 0. The van der Waals surface area contributed by atoms with Crippen LogP contribution in [0.15, 0.2) is 0 Å². The van der Waals surface area contributed by atoms with E-state index in [4.69, 9.17) is 0 Å². The molecule has 2 atom stereocenters. The molecule has 8 nitrogen and oxygen atoms in total. The van der Waals surface area contributed by atoms with Gasteiger partial charge in [-0.1, -0.05) is 0 Å². The van der Waals surface area contributed by atoms with Gasteiger partial charge in [0, 0.05) is 0 Å². The molecule has 0 aliphatic carbocycles. The van der Waals surface area contributed by atoms with Gasteiger partial charge in [-0.05, 0) is 0 Å². The zero-order valence-electron chi connectivity index (χ0n) is 10.5. The smallest absolute Gasteiger partial charge is 1.00 e. The van der Waals surface area contributed by atoms with Gasteiger partial charge in [-0.3, -0.25) is 9.59 Å². The largest absolute Gasteiger partial charge is 1.00 e. The maximum atomic E-state index is 10.5. The fraction of sp³-hybridized carbons (Fsp3) is 0.500. The fourth-order valence-corrected chi connectivity index (χ4v) is 0.909. The maximum Gasteiger partial charge on any atom is 1.00 e. The molecule has 12 heteroatoms. The predicted molar refractivity (Wildman–Crippen MR) is 41.5 cm³/mol. The molecule has 0 aromatic heterocycles. The normalized spacial score (nSPS) is 12.4. The first-order valence-electron chi connectivity index (χ1n) is 3.02. The van der Waals surface area contributed by atoms with Gasteiger partial charge in [0.2, 0.25) is 0 Å². The van der Waals surface area contributed by atoms with Crippen molar-refractivity contribution in [1.29, 1.82) is 0 Å². The minimum Gasteiger partial charge on any atom is -1.00 e. The van der Waals surface area contributed by atoms with Crippen LogP contribution in [-0.4, -0.2) is 29.5 Å². The quantitative estimate of drug-likeness (QED) is 0.360. The van der Waals surface area contributed by atoms with Crippen molar-refractivity contribution in [3.63, 3.8) is 0 Å². The van der Waals surface area contributed by atoms with Crippen LogP contribution in [0.3, 0.4) is 0 Å². The standard InChI is InChI=1S/C4H6O8S2.2Na.2H/c5-3(11-13(7)8)1-2-4(6)12-14(9)10;;;;/h1-2H2,(H,7,8)(H,9,10);;;;/q;2*+1;2*-1/p-2. The Balaban J connectivity index is -0.000000141. The predicted octanol–water partition coefficient (Wildman–Crippen LogP) is -7.33. The molecule has 0 spiro atoms. The Labute approximate surface area is 143 Å². The minimum atomic E-state index is -2.99. The summed E-state index contributed by atoms with van der Waals surface area (Å²) in [4.78, 5) is 20.9. The van der Waals surface area contributed by atoms with Gasteiger partial charge in [0.05, 0.1) is 12.8 Å². The van der Waals surface area contributed by atoms with E-state index < -0.39 is 47.5 Å². The number of carbonyl (C=O) groups is 2. The molecule has 0 saturated heterocycles. The number of carbonyl (C=O) groups excluding carboxylic acids is 2. The van der Waals surface area contributed by atoms with Crippen molar-refractivity contribution >= 4 is 34.7 Å². The second-order valence-corrected chi connectivity index (χ2v) is 2.97. The van der Waals surface area contributed by atoms with Crippen molar-refractivity contribution in [2.24, 2.45) is 0 Å². The number of hydrogen-bond acceptors (Lipinski definition) is 8. The number of rotatable bonds is 5. The van der Waals surface area contributed by atoms with Gasteiger partial charge in [-0.25, -0.2) is 8.42 Å². The molecule has 86 valence electrons. The zero-order chi connectivity index (χ0) is 11.1. The molecule has 0 aromatic rings. The minimum absolute atomic E-state index is 0. The van der Waals surface area contributed by atoms with E-state index in [1.165, 1.54) is 0 Å². The molecule has 0 heterocycles. The van der Waals surface area contributed by atoms with Crippen LogP contribution in [0.1, 0.15) is 15.7 Å². The van der Waals surface area contributed by atoms with Gasteiger partial charge in [-0.2, -0.15) is 0 Å². The van der Waals surface area contributed by atoms with Crippen molar-refractivity contribution in [3.8, 4) is 0 Å². The first kappa shape index (κ1) is 22.3. The van der Waals surface area contributed by atoms with E-state index in [9.17, 15) is 27.1 Å². The van der Waals surface area contributed by atoms with Gasteiger partial charge < -0.3 is 20.3 Å². The van der Waals surface area contributed by atoms with Crippen LogP contribution in [0, 0.1) is 0 Å². The first-order chi connectivity index (χ1) is 6.41. The second-order valence-electron chi connectivity index (χ2n) is 1.82. The number of hydrogen-bond donors (Lipinski definition) is 0. The zero-order valence-corrected chi connectivity index (χ0v) is 14.1. The molecule has 0 aliphatic rings. The van der Waals surface area contributed by atoms with E-state index in [1.807, 2.05) is 0 Å². The van der Waals surface area contributed by atoms with Crippen LogP contribution in [0.2, 0.25) is 0 Å². The molecule has 0 fully saturated rings. The molecule has 16 heavy (non-hydrogen) atoms. The molecule has 0 aromatic carbocycles. The Morgan fingerprint density at radius 3 is 1.38 bits per heavy atom. The van der Waals surface area contributed by atoms with Gasteiger partial charge in [-0.15, -0.1) is 0 Å². The molecule has 0 radical (unpaired) electrons. The third kappa shape index (κ3) is 15.2. The van der Waals surface area contributed by atoms with E-state index in [0.29, 0.717) is 0 Å². The fourth-order valence-electron chi connectivity index (χ4n) is 0.439. The summed E-state index contributed by atoms with van der Waals surface area (Å²) in [5, 5.41) is 0. The molecule has 0 amide bonds. The summed E-state index contributed by atoms with van der Waals surface area (Å²) in [5.74, 6) is -2.35. The van der Waals surface area contributed by atoms with Gasteiger partial charge in [0.15, 0.2) is 0 Å². The van der Waals surface area contributed by atoms with Crippen molar-refractivity contribution in [2.45, 2.75) is 12.8 Å². The summed E-state index contributed by atoms with van der Waals surface area (Å²) in [6.45, 7) is 0. The van der Waals surface area contributed by atoms with Crippen LogP contribution in [0.4, 0.5) is 0 Å². The molecular formula is C4H6Na2O8S2-2. The van der Waals surface area contributed by atoms with Crippen molar-refractivity contribution in [1.82, 2.24) is 0 Å². The van der Waals surface area contributed by atoms with E-state index in [0.717, 1.165) is 0 Å². The van der Waals surface area contributed by atoms with Crippen LogP contribution >= 0.6 is 0 Å². The molecule has 0 bridgehead atoms. The third-order valence-electron chi connectivity index (χ3n) is 0.855. The van der Waals surface area contributed by atoms with Crippen molar-refractivity contribution in [3.05, 3.63) is 0 Å². The maximum absolute atomic E-state index is 10.5. The van der Waals surface area contributed by atoms with Gasteiger partial charge in [0.25, 0.3) is 0 Å². The van der Waals surface area contributed by atoms with E-state index in [1.54, 1.807) is 0 Å². The molecule has 0 aliphatic heterocycles. The molecule has 0 rings (SSSR count). The van der Waals surface area contributed by atoms with Crippen molar-refractivity contribution in [2.75, 3.05) is 0 Å². The van der Waals surface area contributed by atoms with Gasteiger partial charge >= 0.3 is 71.1 Å². The first-order valence-corrected chi connectivity index (χ1v) is 5.02. The summed E-state index contributed by atoms with van der Waals surface area (Å²) in [7, 11) is 0. The average Bonchev–Trinajstić information content (AvgIpc) is 1.98. The van der Waals surface area contributed by atoms with Crippen LogP contribution in [0.25, 0.3) is 0 Å².